The monoisotopic (exact) mass is 398 g/mol. The van der Waals surface area contributed by atoms with Crippen LogP contribution in [0.25, 0.3) is 0 Å². The third-order valence-electron chi connectivity index (χ3n) is 4.20. The van der Waals surface area contributed by atoms with E-state index in [0.717, 1.165) is 41.5 Å². The Hall–Kier alpha value is -1.97. The molecule has 2 aromatic rings. The predicted octanol–water partition coefficient (Wildman–Crippen LogP) is 2.47. The van der Waals surface area contributed by atoms with E-state index in [9.17, 15) is 21.2 Å². The summed E-state index contributed by atoms with van der Waals surface area (Å²) in [6.45, 7) is 1.97. The zero-order chi connectivity index (χ0) is 19.1. The second-order valence-corrected chi connectivity index (χ2v) is 9.87. The van der Waals surface area contributed by atoms with E-state index in [1.807, 2.05) is 25.1 Å². The minimum atomic E-state index is -4.09. The maximum Gasteiger partial charge on any atom is 0.244 e. The molecule has 2 N–H and O–H groups in total. The van der Waals surface area contributed by atoms with Crippen LogP contribution in [0, 0.1) is 12.7 Å². The number of rotatable bonds is 5. The summed E-state index contributed by atoms with van der Waals surface area (Å²) in [5, 5.41) is 0. The molecule has 1 unspecified atom stereocenters. The summed E-state index contributed by atoms with van der Waals surface area (Å²) in [7, 11) is -7.67. The standard InChI is InChI=1S/C17H19FN2O4S2/c1-11-3-6-14-12(9-11)4-7-16(14)20-26(23,24)17-8-5-13(10-15(17)18)19-25(2,21)22/h3,5-6,8-10,16,19-20H,4,7H2,1-2H3. The van der Waals surface area contributed by atoms with E-state index in [2.05, 4.69) is 9.44 Å². The molecule has 0 amide bonds. The highest BCUT2D eigenvalue weighted by molar-refractivity contribution is 7.92. The van der Waals surface area contributed by atoms with Gasteiger partial charge >= 0.3 is 0 Å². The first-order chi connectivity index (χ1) is 12.0. The molecule has 0 aliphatic heterocycles. The van der Waals surface area contributed by atoms with Gasteiger partial charge in [0.05, 0.1) is 11.9 Å². The molecule has 6 nitrogen and oxygen atoms in total. The second kappa shape index (κ2) is 6.64. The third kappa shape index (κ3) is 4.05. The topological polar surface area (TPSA) is 92.3 Å². The summed E-state index contributed by atoms with van der Waals surface area (Å²) >= 11 is 0. The van der Waals surface area contributed by atoms with Crippen molar-refractivity contribution in [1.82, 2.24) is 4.72 Å². The number of aryl methyl sites for hydroxylation is 2. The third-order valence-corrected chi connectivity index (χ3v) is 6.31. The molecule has 0 saturated heterocycles. The van der Waals surface area contributed by atoms with Crippen LogP contribution < -0.4 is 9.44 Å². The van der Waals surface area contributed by atoms with Gasteiger partial charge in [-0.05, 0) is 49.1 Å². The Bertz CT molecular complexity index is 1070. The van der Waals surface area contributed by atoms with Gasteiger partial charge in [0.15, 0.2) is 0 Å². The number of anilines is 1. The number of halogens is 1. The molecule has 3 rings (SSSR count). The molecule has 0 heterocycles. The lowest BCUT2D eigenvalue weighted by atomic mass is 10.1. The van der Waals surface area contributed by atoms with E-state index in [0.29, 0.717) is 6.42 Å². The van der Waals surface area contributed by atoms with Crippen molar-refractivity contribution >= 4 is 25.7 Å². The molecule has 140 valence electrons. The van der Waals surface area contributed by atoms with E-state index in [-0.39, 0.29) is 5.69 Å². The highest BCUT2D eigenvalue weighted by atomic mass is 32.2. The van der Waals surface area contributed by atoms with Gasteiger partial charge in [-0.2, -0.15) is 0 Å². The van der Waals surface area contributed by atoms with Crippen LogP contribution >= 0.6 is 0 Å². The molecule has 1 aliphatic rings. The van der Waals surface area contributed by atoms with Crippen LogP contribution in [0.4, 0.5) is 10.1 Å². The van der Waals surface area contributed by atoms with Gasteiger partial charge in [0.2, 0.25) is 20.0 Å². The number of hydrogen-bond acceptors (Lipinski definition) is 4. The van der Waals surface area contributed by atoms with Crippen molar-refractivity contribution in [1.29, 1.82) is 0 Å². The maximum atomic E-state index is 14.3. The summed E-state index contributed by atoms with van der Waals surface area (Å²) in [4.78, 5) is -0.517. The summed E-state index contributed by atoms with van der Waals surface area (Å²) in [6.07, 6.45) is 2.29. The zero-order valence-electron chi connectivity index (χ0n) is 14.3. The highest BCUT2D eigenvalue weighted by Gasteiger charge is 2.29. The Morgan fingerprint density at radius 2 is 1.81 bits per heavy atom. The van der Waals surface area contributed by atoms with E-state index in [1.54, 1.807) is 0 Å². The normalized spacial score (nSPS) is 17.1. The van der Waals surface area contributed by atoms with Gasteiger partial charge in [-0.1, -0.05) is 23.8 Å². The van der Waals surface area contributed by atoms with Crippen LogP contribution in [0.5, 0.6) is 0 Å². The molecule has 26 heavy (non-hydrogen) atoms. The highest BCUT2D eigenvalue weighted by Crippen LogP contribution is 2.33. The second-order valence-electron chi connectivity index (χ2n) is 6.43. The molecule has 0 saturated carbocycles. The first kappa shape index (κ1) is 18.8. The van der Waals surface area contributed by atoms with Gasteiger partial charge in [-0.3, -0.25) is 4.72 Å². The Morgan fingerprint density at radius 1 is 1.08 bits per heavy atom. The number of benzene rings is 2. The fourth-order valence-corrected chi connectivity index (χ4v) is 4.98. The van der Waals surface area contributed by atoms with Gasteiger partial charge in [0, 0.05) is 6.04 Å². The van der Waals surface area contributed by atoms with Gasteiger partial charge in [0.1, 0.15) is 10.7 Å². The maximum absolute atomic E-state index is 14.3. The quantitative estimate of drug-likeness (QED) is 0.809. The van der Waals surface area contributed by atoms with Crippen molar-refractivity contribution in [3.8, 4) is 0 Å². The Morgan fingerprint density at radius 3 is 2.46 bits per heavy atom. The fraction of sp³-hybridized carbons (Fsp3) is 0.294. The zero-order valence-corrected chi connectivity index (χ0v) is 15.9. The Balaban J connectivity index is 1.86. The minimum absolute atomic E-state index is 0.0364. The molecule has 1 atom stereocenters. The first-order valence-electron chi connectivity index (χ1n) is 7.94. The van der Waals surface area contributed by atoms with E-state index >= 15 is 0 Å². The van der Waals surface area contributed by atoms with Crippen molar-refractivity contribution in [2.45, 2.75) is 30.7 Å². The average Bonchev–Trinajstić information content (AvgIpc) is 2.86. The summed E-state index contributed by atoms with van der Waals surface area (Å²) in [5.41, 5.74) is 3.05. The molecule has 1 aliphatic carbocycles. The largest absolute Gasteiger partial charge is 0.284 e. The van der Waals surface area contributed by atoms with Gasteiger partial charge in [-0.25, -0.2) is 25.9 Å². The average molecular weight is 398 g/mol. The van der Waals surface area contributed by atoms with Crippen molar-refractivity contribution in [3.63, 3.8) is 0 Å². The van der Waals surface area contributed by atoms with Crippen LogP contribution in [-0.4, -0.2) is 23.1 Å². The lowest BCUT2D eigenvalue weighted by Crippen LogP contribution is -2.28. The lowest BCUT2D eigenvalue weighted by Gasteiger charge is -2.15. The van der Waals surface area contributed by atoms with E-state index in [1.165, 1.54) is 6.07 Å². The SMILES string of the molecule is Cc1ccc2c(c1)CCC2NS(=O)(=O)c1ccc(NS(C)(=O)=O)cc1F. The van der Waals surface area contributed by atoms with Crippen LogP contribution in [0.1, 0.15) is 29.2 Å². The van der Waals surface area contributed by atoms with Crippen molar-refractivity contribution < 1.29 is 21.2 Å². The molecule has 0 fully saturated rings. The van der Waals surface area contributed by atoms with Crippen LogP contribution in [-0.2, 0) is 26.5 Å². The van der Waals surface area contributed by atoms with Crippen molar-refractivity contribution in [2.75, 3.05) is 11.0 Å². The first-order valence-corrected chi connectivity index (χ1v) is 11.3. The number of hydrogen-bond donors (Lipinski definition) is 2. The Labute approximate surface area is 152 Å². The van der Waals surface area contributed by atoms with Crippen molar-refractivity contribution in [3.05, 3.63) is 58.9 Å². The summed E-state index contributed by atoms with van der Waals surface area (Å²) in [5.74, 6) is -1.02. The van der Waals surface area contributed by atoms with Gasteiger partial charge in [0.25, 0.3) is 0 Å². The molecule has 0 spiro atoms. The van der Waals surface area contributed by atoms with Crippen LogP contribution in [0.3, 0.4) is 0 Å². The van der Waals surface area contributed by atoms with Gasteiger partial charge in [-0.15, -0.1) is 0 Å². The Kier molecular flexibility index (Phi) is 4.80. The summed E-state index contributed by atoms with van der Waals surface area (Å²) in [6, 6.07) is 8.53. The molecule has 0 aromatic heterocycles. The fourth-order valence-electron chi connectivity index (χ4n) is 3.12. The van der Waals surface area contributed by atoms with Gasteiger partial charge < -0.3 is 0 Å². The number of sulfonamides is 2. The van der Waals surface area contributed by atoms with Crippen molar-refractivity contribution in [2.24, 2.45) is 0 Å². The molecular weight excluding hydrogens is 379 g/mol. The molecule has 0 bridgehead atoms. The minimum Gasteiger partial charge on any atom is -0.284 e. The van der Waals surface area contributed by atoms with E-state index in [4.69, 9.17) is 0 Å². The molecule has 9 heteroatoms. The number of nitrogens with one attached hydrogen (secondary N) is 2. The summed E-state index contributed by atoms with van der Waals surface area (Å²) < 4.78 is 66.5. The predicted molar refractivity (Wildman–Crippen MR) is 97.4 cm³/mol. The van der Waals surface area contributed by atoms with Crippen LogP contribution in [0.2, 0.25) is 0 Å². The van der Waals surface area contributed by atoms with Crippen LogP contribution in [0.15, 0.2) is 41.3 Å². The molecule has 0 radical (unpaired) electrons. The smallest absolute Gasteiger partial charge is 0.244 e. The lowest BCUT2D eigenvalue weighted by molar-refractivity contribution is 0.538. The number of fused-ring (bicyclic) bond motifs is 1. The molecular formula is C17H19FN2O4S2. The van der Waals surface area contributed by atoms with E-state index < -0.39 is 36.8 Å². The molecule has 2 aromatic carbocycles.